The lowest BCUT2D eigenvalue weighted by molar-refractivity contribution is -0.116. The minimum Gasteiger partial charge on any atom is -0.393 e. The number of benzene rings is 1. The van der Waals surface area contributed by atoms with Crippen molar-refractivity contribution in [2.75, 3.05) is 5.32 Å². The van der Waals surface area contributed by atoms with Gasteiger partial charge in [-0.05, 0) is 31.5 Å². The normalized spacial score (nSPS) is 11.6. The van der Waals surface area contributed by atoms with Crippen LogP contribution in [0.5, 0.6) is 0 Å². The van der Waals surface area contributed by atoms with Gasteiger partial charge in [0.25, 0.3) is 0 Å². The molecule has 0 fully saturated rings. The highest BCUT2D eigenvalue weighted by Crippen LogP contribution is 2.23. The van der Waals surface area contributed by atoms with E-state index in [0.29, 0.717) is 22.7 Å². The molecule has 1 aromatic carbocycles. The van der Waals surface area contributed by atoms with Crippen LogP contribution < -0.4 is 5.32 Å². The molecule has 17 heavy (non-hydrogen) atoms. The lowest BCUT2D eigenvalue weighted by Crippen LogP contribution is -2.14. The summed E-state index contributed by atoms with van der Waals surface area (Å²) >= 11 is 5.89. The average Bonchev–Trinajstić information content (AvgIpc) is 2.29. The number of aliphatic hydroxyl groups excluding tert-OH is 1. The number of carbonyl (C=O) groups excluding carboxylic acids is 1. The van der Waals surface area contributed by atoms with Crippen molar-refractivity contribution in [3.63, 3.8) is 0 Å². The Morgan fingerprint density at radius 2 is 2.35 bits per heavy atom. The van der Waals surface area contributed by atoms with E-state index in [2.05, 4.69) is 5.32 Å². The molecule has 1 rings (SSSR count). The monoisotopic (exact) mass is 252 g/mol. The number of halogens is 1. The second-order valence-corrected chi connectivity index (χ2v) is 4.15. The summed E-state index contributed by atoms with van der Waals surface area (Å²) in [5.74, 6) is -0.233. The summed E-state index contributed by atoms with van der Waals surface area (Å²) < 4.78 is 0. The number of anilines is 1. The van der Waals surface area contributed by atoms with Crippen molar-refractivity contribution < 1.29 is 9.90 Å². The number of rotatable bonds is 4. The molecule has 0 aliphatic rings. The summed E-state index contributed by atoms with van der Waals surface area (Å²) in [6.45, 7) is 1.62. The van der Waals surface area contributed by atoms with Gasteiger partial charge < -0.3 is 10.4 Å². The van der Waals surface area contributed by atoms with Crippen molar-refractivity contribution in [2.45, 2.75) is 25.9 Å². The van der Waals surface area contributed by atoms with E-state index < -0.39 is 6.10 Å². The number of nitrogens with zero attached hydrogens (tertiary/aromatic N) is 1. The standard InChI is InChI=1S/C12H13ClN2O2/c1-8(16)2-5-12(17)15-11-6-9(7-14)3-4-10(11)13/h3-4,6,8,16H,2,5H2,1H3,(H,15,17). The molecule has 0 aliphatic carbocycles. The zero-order valence-corrected chi connectivity index (χ0v) is 10.2. The number of hydrogen-bond donors (Lipinski definition) is 2. The van der Waals surface area contributed by atoms with Crippen LogP contribution in [-0.4, -0.2) is 17.1 Å². The molecule has 4 nitrogen and oxygen atoms in total. The molecule has 0 spiro atoms. The Hall–Kier alpha value is -1.57. The minimum absolute atomic E-state index is 0.213. The third-order valence-corrected chi connectivity index (χ3v) is 2.49. The molecule has 0 saturated carbocycles. The summed E-state index contributed by atoms with van der Waals surface area (Å²) in [6.07, 6.45) is 0.0910. The molecule has 1 aromatic rings. The summed E-state index contributed by atoms with van der Waals surface area (Å²) in [4.78, 5) is 11.5. The minimum atomic E-state index is -0.512. The molecule has 0 saturated heterocycles. The molecule has 5 heteroatoms. The van der Waals surface area contributed by atoms with Crippen molar-refractivity contribution in [3.05, 3.63) is 28.8 Å². The van der Waals surface area contributed by atoms with E-state index >= 15 is 0 Å². The van der Waals surface area contributed by atoms with Crippen molar-refractivity contribution in [3.8, 4) is 6.07 Å². The van der Waals surface area contributed by atoms with Crippen LogP contribution in [0.3, 0.4) is 0 Å². The van der Waals surface area contributed by atoms with Crippen molar-refractivity contribution in [1.82, 2.24) is 0 Å². The number of aliphatic hydroxyl groups is 1. The van der Waals surface area contributed by atoms with Gasteiger partial charge in [0.1, 0.15) is 0 Å². The predicted octanol–water partition coefficient (Wildman–Crippen LogP) is 2.31. The van der Waals surface area contributed by atoms with Gasteiger partial charge in [-0.3, -0.25) is 4.79 Å². The van der Waals surface area contributed by atoms with Crippen LogP contribution in [0.2, 0.25) is 5.02 Å². The second-order valence-electron chi connectivity index (χ2n) is 3.74. The first-order valence-corrected chi connectivity index (χ1v) is 5.58. The van der Waals surface area contributed by atoms with E-state index in [-0.39, 0.29) is 12.3 Å². The van der Waals surface area contributed by atoms with Crippen LogP contribution >= 0.6 is 11.6 Å². The van der Waals surface area contributed by atoms with E-state index in [1.54, 1.807) is 19.1 Å². The fourth-order valence-electron chi connectivity index (χ4n) is 1.24. The highest BCUT2D eigenvalue weighted by atomic mass is 35.5. The van der Waals surface area contributed by atoms with Crippen LogP contribution in [-0.2, 0) is 4.79 Å². The number of nitrogens with one attached hydrogen (secondary N) is 1. The Morgan fingerprint density at radius 1 is 1.65 bits per heavy atom. The first kappa shape index (κ1) is 13.5. The molecular formula is C12H13ClN2O2. The Kier molecular flexibility index (Phi) is 4.95. The quantitative estimate of drug-likeness (QED) is 0.864. The van der Waals surface area contributed by atoms with Gasteiger partial charge in [-0.15, -0.1) is 0 Å². The van der Waals surface area contributed by atoms with Crippen molar-refractivity contribution in [2.24, 2.45) is 0 Å². The fourth-order valence-corrected chi connectivity index (χ4v) is 1.41. The number of hydrogen-bond acceptors (Lipinski definition) is 3. The van der Waals surface area contributed by atoms with Gasteiger partial charge >= 0.3 is 0 Å². The number of carbonyl (C=O) groups is 1. The first-order valence-electron chi connectivity index (χ1n) is 5.20. The summed E-state index contributed by atoms with van der Waals surface area (Å²) in [5.41, 5.74) is 0.849. The first-order chi connectivity index (χ1) is 8.02. The Labute approximate surface area is 105 Å². The maximum absolute atomic E-state index is 11.5. The second kappa shape index (κ2) is 6.24. The summed E-state index contributed by atoms with van der Waals surface area (Å²) in [5, 5.41) is 20.8. The summed E-state index contributed by atoms with van der Waals surface area (Å²) in [7, 11) is 0. The molecule has 0 bridgehead atoms. The molecule has 0 aromatic heterocycles. The molecule has 1 unspecified atom stereocenters. The van der Waals surface area contributed by atoms with Crippen LogP contribution in [0, 0.1) is 11.3 Å². The van der Waals surface area contributed by atoms with Crippen LogP contribution in [0.15, 0.2) is 18.2 Å². The van der Waals surface area contributed by atoms with Gasteiger partial charge in [-0.2, -0.15) is 5.26 Å². The maximum Gasteiger partial charge on any atom is 0.224 e. The van der Waals surface area contributed by atoms with E-state index in [1.807, 2.05) is 6.07 Å². The highest BCUT2D eigenvalue weighted by molar-refractivity contribution is 6.33. The van der Waals surface area contributed by atoms with Gasteiger partial charge in [0, 0.05) is 6.42 Å². The lowest BCUT2D eigenvalue weighted by Gasteiger charge is -2.08. The smallest absolute Gasteiger partial charge is 0.224 e. The topological polar surface area (TPSA) is 73.1 Å². The predicted molar refractivity (Wildman–Crippen MR) is 65.7 cm³/mol. The fraction of sp³-hybridized carbons (Fsp3) is 0.333. The van der Waals surface area contributed by atoms with Crippen molar-refractivity contribution >= 4 is 23.2 Å². The summed E-state index contributed by atoms with van der Waals surface area (Å²) in [6, 6.07) is 6.62. The van der Waals surface area contributed by atoms with Gasteiger partial charge in [-0.1, -0.05) is 11.6 Å². The van der Waals surface area contributed by atoms with Crippen molar-refractivity contribution in [1.29, 1.82) is 5.26 Å². The van der Waals surface area contributed by atoms with Crippen LogP contribution in [0.1, 0.15) is 25.3 Å². The Bertz CT molecular complexity index is 452. The Balaban J connectivity index is 2.68. The lowest BCUT2D eigenvalue weighted by atomic mass is 10.2. The third kappa shape index (κ3) is 4.43. The van der Waals surface area contributed by atoms with Gasteiger partial charge in [0.05, 0.1) is 28.4 Å². The third-order valence-electron chi connectivity index (χ3n) is 2.16. The molecule has 90 valence electrons. The van der Waals surface area contributed by atoms with Gasteiger partial charge in [0.2, 0.25) is 5.91 Å². The zero-order valence-electron chi connectivity index (χ0n) is 9.40. The van der Waals surface area contributed by atoms with E-state index in [0.717, 1.165) is 0 Å². The van der Waals surface area contributed by atoms with Gasteiger partial charge in [-0.25, -0.2) is 0 Å². The molecule has 1 atom stereocenters. The SMILES string of the molecule is CC(O)CCC(=O)Nc1cc(C#N)ccc1Cl. The Morgan fingerprint density at radius 3 is 2.94 bits per heavy atom. The van der Waals surface area contributed by atoms with E-state index in [9.17, 15) is 4.79 Å². The number of amides is 1. The molecule has 0 radical (unpaired) electrons. The number of nitriles is 1. The molecular weight excluding hydrogens is 240 g/mol. The molecule has 0 aliphatic heterocycles. The van der Waals surface area contributed by atoms with Crippen LogP contribution in [0.4, 0.5) is 5.69 Å². The van der Waals surface area contributed by atoms with E-state index in [1.165, 1.54) is 6.07 Å². The van der Waals surface area contributed by atoms with Crippen LogP contribution in [0.25, 0.3) is 0 Å². The zero-order chi connectivity index (χ0) is 12.8. The highest BCUT2D eigenvalue weighted by Gasteiger charge is 2.08. The molecule has 0 heterocycles. The van der Waals surface area contributed by atoms with Gasteiger partial charge in [0.15, 0.2) is 0 Å². The molecule has 1 amide bonds. The maximum atomic E-state index is 11.5. The van der Waals surface area contributed by atoms with E-state index in [4.69, 9.17) is 22.0 Å². The average molecular weight is 253 g/mol. The largest absolute Gasteiger partial charge is 0.393 e. The molecule has 2 N–H and O–H groups in total.